The first-order valence-electron chi connectivity index (χ1n) is 5.91. The second kappa shape index (κ2) is 4.83. The predicted molar refractivity (Wildman–Crippen MR) is 60.0 cm³/mol. The second-order valence-corrected chi connectivity index (χ2v) is 4.59. The molecular formula is C11H17N3O3. The number of carbonyl (C=O) groups is 3. The van der Waals surface area contributed by atoms with Crippen molar-refractivity contribution >= 4 is 17.7 Å². The number of hydrogen-bond acceptors (Lipinski definition) is 4. The molecule has 0 bridgehead atoms. The van der Waals surface area contributed by atoms with Crippen LogP contribution in [0.5, 0.6) is 0 Å². The molecule has 6 nitrogen and oxygen atoms in total. The van der Waals surface area contributed by atoms with Crippen molar-refractivity contribution in [2.45, 2.75) is 37.8 Å². The van der Waals surface area contributed by atoms with E-state index in [2.05, 4.69) is 10.6 Å². The maximum absolute atomic E-state index is 11.5. The SMILES string of the molecule is CN1C(=O)CC(NCCC(=O)NC2CC2)C1=O. The van der Waals surface area contributed by atoms with Gasteiger partial charge in [-0.25, -0.2) is 0 Å². The van der Waals surface area contributed by atoms with Crippen molar-refractivity contribution < 1.29 is 14.4 Å². The molecule has 1 aliphatic heterocycles. The molecule has 0 aromatic carbocycles. The lowest BCUT2D eigenvalue weighted by molar-refractivity contribution is -0.137. The van der Waals surface area contributed by atoms with Crippen LogP contribution in [-0.4, -0.2) is 48.3 Å². The lowest BCUT2D eigenvalue weighted by Crippen LogP contribution is -2.39. The van der Waals surface area contributed by atoms with E-state index in [1.165, 1.54) is 7.05 Å². The molecule has 17 heavy (non-hydrogen) atoms. The number of likely N-dealkylation sites (tertiary alicyclic amines) is 1. The summed E-state index contributed by atoms with van der Waals surface area (Å²) in [5.74, 6) is -0.377. The first-order valence-corrected chi connectivity index (χ1v) is 5.91. The molecule has 0 spiro atoms. The van der Waals surface area contributed by atoms with E-state index < -0.39 is 6.04 Å². The van der Waals surface area contributed by atoms with Crippen LogP contribution in [-0.2, 0) is 14.4 Å². The Bertz CT molecular complexity index is 352. The molecule has 0 aromatic heterocycles. The molecule has 1 heterocycles. The monoisotopic (exact) mass is 239 g/mol. The Hall–Kier alpha value is -1.43. The van der Waals surface area contributed by atoms with Crippen LogP contribution in [0.1, 0.15) is 25.7 Å². The summed E-state index contributed by atoms with van der Waals surface area (Å²) in [6.07, 6.45) is 2.68. The molecule has 1 saturated heterocycles. The maximum atomic E-state index is 11.5. The average molecular weight is 239 g/mol. The molecule has 2 fully saturated rings. The van der Waals surface area contributed by atoms with Crippen LogP contribution >= 0.6 is 0 Å². The molecule has 1 aliphatic carbocycles. The zero-order valence-electron chi connectivity index (χ0n) is 9.86. The van der Waals surface area contributed by atoms with Gasteiger partial charge in [0.15, 0.2) is 0 Å². The summed E-state index contributed by atoms with van der Waals surface area (Å²) < 4.78 is 0. The van der Waals surface area contributed by atoms with E-state index in [1.807, 2.05) is 0 Å². The van der Waals surface area contributed by atoms with Gasteiger partial charge in [-0.05, 0) is 12.8 Å². The van der Waals surface area contributed by atoms with Crippen LogP contribution in [0.3, 0.4) is 0 Å². The topological polar surface area (TPSA) is 78.5 Å². The molecule has 0 radical (unpaired) electrons. The molecule has 2 N–H and O–H groups in total. The molecular weight excluding hydrogens is 222 g/mol. The summed E-state index contributed by atoms with van der Waals surface area (Å²) in [6.45, 7) is 0.427. The third-order valence-electron chi connectivity index (χ3n) is 3.07. The minimum atomic E-state index is -0.457. The highest BCUT2D eigenvalue weighted by atomic mass is 16.2. The number of amides is 3. The standard InChI is InChI=1S/C11H17N3O3/c1-14-10(16)6-8(11(14)17)12-5-4-9(15)13-7-2-3-7/h7-8,12H,2-6H2,1H3,(H,13,15). The smallest absolute Gasteiger partial charge is 0.246 e. The molecule has 94 valence electrons. The van der Waals surface area contributed by atoms with E-state index in [-0.39, 0.29) is 24.1 Å². The van der Waals surface area contributed by atoms with Crippen LogP contribution in [0, 0.1) is 0 Å². The lowest BCUT2D eigenvalue weighted by Gasteiger charge is -2.10. The normalized spacial score (nSPS) is 24.3. The minimum Gasteiger partial charge on any atom is -0.353 e. The number of hydrogen-bond donors (Lipinski definition) is 2. The van der Waals surface area contributed by atoms with E-state index in [4.69, 9.17) is 0 Å². The van der Waals surface area contributed by atoms with Crippen molar-refractivity contribution in [3.8, 4) is 0 Å². The Morgan fingerprint density at radius 3 is 2.65 bits per heavy atom. The van der Waals surface area contributed by atoms with Gasteiger partial charge in [0, 0.05) is 26.1 Å². The van der Waals surface area contributed by atoms with Gasteiger partial charge < -0.3 is 10.6 Å². The van der Waals surface area contributed by atoms with Gasteiger partial charge in [0.1, 0.15) is 0 Å². The Balaban J connectivity index is 1.66. The van der Waals surface area contributed by atoms with Gasteiger partial charge in [-0.3, -0.25) is 19.3 Å². The molecule has 1 saturated carbocycles. The Labute approximate surface area is 99.7 Å². The van der Waals surface area contributed by atoms with Crippen LogP contribution in [0.4, 0.5) is 0 Å². The van der Waals surface area contributed by atoms with E-state index in [9.17, 15) is 14.4 Å². The quantitative estimate of drug-likeness (QED) is 0.603. The first-order chi connectivity index (χ1) is 8.08. The van der Waals surface area contributed by atoms with Crippen LogP contribution in [0.15, 0.2) is 0 Å². The molecule has 2 aliphatic rings. The number of nitrogens with one attached hydrogen (secondary N) is 2. The van der Waals surface area contributed by atoms with Gasteiger partial charge in [-0.15, -0.1) is 0 Å². The molecule has 6 heteroatoms. The van der Waals surface area contributed by atoms with Crippen molar-refractivity contribution in [3.63, 3.8) is 0 Å². The molecule has 0 aromatic rings. The van der Waals surface area contributed by atoms with Crippen molar-refractivity contribution in [1.29, 1.82) is 0 Å². The largest absolute Gasteiger partial charge is 0.353 e. The maximum Gasteiger partial charge on any atom is 0.246 e. The number of carbonyl (C=O) groups excluding carboxylic acids is 3. The Morgan fingerprint density at radius 1 is 1.41 bits per heavy atom. The molecule has 2 rings (SSSR count). The highest BCUT2D eigenvalue weighted by molar-refractivity contribution is 6.05. The highest BCUT2D eigenvalue weighted by Gasteiger charge is 2.35. The summed E-state index contributed by atoms with van der Waals surface area (Å²) >= 11 is 0. The third kappa shape index (κ3) is 3.03. The summed E-state index contributed by atoms with van der Waals surface area (Å²) in [7, 11) is 1.48. The summed E-state index contributed by atoms with van der Waals surface area (Å²) in [6, 6.07) is -0.0930. The summed E-state index contributed by atoms with van der Waals surface area (Å²) in [5, 5.41) is 5.81. The van der Waals surface area contributed by atoms with Gasteiger partial charge in [0.2, 0.25) is 17.7 Å². The zero-order valence-corrected chi connectivity index (χ0v) is 9.86. The number of likely N-dealkylation sites (N-methyl/N-ethyl adjacent to an activating group) is 1. The number of nitrogens with zero attached hydrogens (tertiary/aromatic N) is 1. The van der Waals surface area contributed by atoms with Crippen LogP contribution < -0.4 is 10.6 Å². The third-order valence-corrected chi connectivity index (χ3v) is 3.07. The van der Waals surface area contributed by atoms with E-state index in [1.54, 1.807) is 0 Å². The van der Waals surface area contributed by atoms with Gasteiger partial charge >= 0.3 is 0 Å². The predicted octanol–water partition coefficient (Wildman–Crippen LogP) is -0.998. The molecule has 1 unspecified atom stereocenters. The number of imide groups is 1. The van der Waals surface area contributed by atoms with E-state index >= 15 is 0 Å². The summed E-state index contributed by atoms with van der Waals surface area (Å²) in [4.78, 5) is 35.2. The van der Waals surface area contributed by atoms with Crippen molar-refractivity contribution in [3.05, 3.63) is 0 Å². The highest BCUT2D eigenvalue weighted by Crippen LogP contribution is 2.18. The van der Waals surface area contributed by atoms with Crippen molar-refractivity contribution in [2.24, 2.45) is 0 Å². The van der Waals surface area contributed by atoms with Gasteiger partial charge in [-0.1, -0.05) is 0 Å². The lowest BCUT2D eigenvalue weighted by atomic mass is 10.2. The van der Waals surface area contributed by atoms with Gasteiger partial charge in [-0.2, -0.15) is 0 Å². The molecule has 3 amide bonds. The fourth-order valence-electron chi connectivity index (χ4n) is 1.80. The zero-order chi connectivity index (χ0) is 12.4. The van der Waals surface area contributed by atoms with Crippen LogP contribution in [0.2, 0.25) is 0 Å². The van der Waals surface area contributed by atoms with Crippen molar-refractivity contribution in [2.75, 3.05) is 13.6 Å². The minimum absolute atomic E-state index is 0.00475. The fourth-order valence-corrected chi connectivity index (χ4v) is 1.80. The fraction of sp³-hybridized carbons (Fsp3) is 0.727. The van der Waals surface area contributed by atoms with Crippen LogP contribution in [0.25, 0.3) is 0 Å². The summed E-state index contributed by atoms with van der Waals surface area (Å²) in [5.41, 5.74) is 0. The second-order valence-electron chi connectivity index (χ2n) is 4.59. The Morgan fingerprint density at radius 2 is 2.12 bits per heavy atom. The van der Waals surface area contributed by atoms with Gasteiger partial charge in [0.05, 0.1) is 12.5 Å². The van der Waals surface area contributed by atoms with E-state index in [0.29, 0.717) is 19.0 Å². The van der Waals surface area contributed by atoms with E-state index in [0.717, 1.165) is 17.7 Å². The Kier molecular flexibility index (Phi) is 3.42. The van der Waals surface area contributed by atoms with Gasteiger partial charge in [0.25, 0.3) is 0 Å². The molecule has 1 atom stereocenters. The average Bonchev–Trinajstić information content (AvgIpc) is 3.05. The first kappa shape index (κ1) is 12.0. The van der Waals surface area contributed by atoms with Crippen molar-refractivity contribution in [1.82, 2.24) is 15.5 Å². The number of rotatable bonds is 5.